The normalized spacial score (nSPS) is 12.1. The fourth-order valence-electron chi connectivity index (χ4n) is 2.88. The average molecular weight is 414 g/mol. The minimum absolute atomic E-state index is 0.109. The quantitative estimate of drug-likeness (QED) is 0.480. The highest BCUT2D eigenvalue weighted by molar-refractivity contribution is 6.42. The Kier molecular flexibility index (Phi) is 6.40. The Morgan fingerprint density at radius 1 is 0.893 bits per heavy atom. The average Bonchev–Trinajstić information content (AvgIpc) is 2.69. The van der Waals surface area contributed by atoms with Crippen LogP contribution in [0, 0.1) is 0 Å². The predicted molar refractivity (Wildman–Crippen MR) is 115 cm³/mol. The molecule has 3 aromatic carbocycles. The van der Waals surface area contributed by atoms with Crippen LogP contribution < -0.4 is 10.5 Å². The molecule has 144 valence electrons. The maximum absolute atomic E-state index is 12.7. The van der Waals surface area contributed by atoms with Crippen molar-refractivity contribution in [3.8, 4) is 16.9 Å². The molecule has 0 aromatic heterocycles. The highest BCUT2D eigenvalue weighted by atomic mass is 35.5. The van der Waals surface area contributed by atoms with Crippen LogP contribution >= 0.6 is 23.2 Å². The zero-order chi connectivity index (χ0) is 20.3. The van der Waals surface area contributed by atoms with Gasteiger partial charge in [-0.1, -0.05) is 65.7 Å². The Balaban J connectivity index is 1.80. The lowest BCUT2D eigenvalue weighted by molar-refractivity contribution is 0.0961. The van der Waals surface area contributed by atoms with Crippen molar-refractivity contribution in [2.75, 3.05) is 0 Å². The van der Waals surface area contributed by atoms with Gasteiger partial charge in [0.15, 0.2) is 5.78 Å². The van der Waals surface area contributed by atoms with Crippen molar-refractivity contribution in [1.82, 2.24) is 0 Å². The van der Waals surface area contributed by atoms with E-state index in [-0.39, 0.29) is 11.9 Å². The Hall–Kier alpha value is -2.33. The molecule has 0 amide bonds. The van der Waals surface area contributed by atoms with Crippen LogP contribution in [-0.2, 0) is 0 Å². The standard InChI is InChI=1S/C23H21Cl2NO2/c1-14(2)28-19-5-3-4-17(12-19)15-6-8-16(9-7-15)23(27)22(26)18-10-11-20(24)21(25)13-18/h3-14,22H,26H2,1-2H3. The third-order valence-electron chi connectivity index (χ3n) is 4.29. The molecule has 0 aliphatic rings. The highest BCUT2D eigenvalue weighted by Gasteiger charge is 2.18. The highest BCUT2D eigenvalue weighted by Crippen LogP contribution is 2.28. The monoisotopic (exact) mass is 413 g/mol. The molecule has 0 aliphatic carbocycles. The molecule has 1 unspecified atom stereocenters. The second-order valence-electron chi connectivity index (χ2n) is 6.79. The van der Waals surface area contributed by atoms with E-state index in [9.17, 15) is 4.79 Å². The number of hydrogen-bond donors (Lipinski definition) is 1. The molecule has 3 nitrogen and oxygen atoms in total. The van der Waals surface area contributed by atoms with Gasteiger partial charge in [0.1, 0.15) is 5.75 Å². The van der Waals surface area contributed by atoms with Crippen molar-refractivity contribution in [3.05, 3.63) is 87.9 Å². The summed E-state index contributed by atoms with van der Waals surface area (Å²) in [5.41, 5.74) is 9.32. The van der Waals surface area contributed by atoms with Crippen LogP contribution in [0.15, 0.2) is 66.7 Å². The molecule has 5 heteroatoms. The molecular formula is C23H21Cl2NO2. The van der Waals surface area contributed by atoms with Gasteiger partial charge in [-0.15, -0.1) is 0 Å². The van der Waals surface area contributed by atoms with Gasteiger partial charge < -0.3 is 10.5 Å². The van der Waals surface area contributed by atoms with Crippen molar-refractivity contribution in [1.29, 1.82) is 0 Å². The fourth-order valence-corrected chi connectivity index (χ4v) is 3.19. The number of nitrogens with two attached hydrogens (primary N) is 1. The van der Waals surface area contributed by atoms with Crippen LogP contribution in [0.5, 0.6) is 5.75 Å². The van der Waals surface area contributed by atoms with Gasteiger partial charge in [0.05, 0.1) is 22.2 Å². The SMILES string of the molecule is CC(C)Oc1cccc(-c2ccc(C(=O)C(N)c3ccc(Cl)c(Cl)c3)cc2)c1. The molecular weight excluding hydrogens is 393 g/mol. The van der Waals surface area contributed by atoms with Crippen molar-refractivity contribution in [2.45, 2.75) is 26.0 Å². The minimum Gasteiger partial charge on any atom is -0.491 e. The van der Waals surface area contributed by atoms with Gasteiger partial charge in [-0.2, -0.15) is 0 Å². The third-order valence-corrected chi connectivity index (χ3v) is 5.03. The lowest BCUT2D eigenvalue weighted by atomic mass is 9.96. The van der Waals surface area contributed by atoms with Crippen molar-refractivity contribution in [3.63, 3.8) is 0 Å². The maximum Gasteiger partial charge on any atom is 0.184 e. The first kappa shape index (κ1) is 20.4. The molecule has 2 N–H and O–H groups in total. The Morgan fingerprint density at radius 3 is 2.25 bits per heavy atom. The Bertz CT molecular complexity index is 984. The second kappa shape index (κ2) is 8.78. The molecule has 3 rings (SSSR count). The Morgan fingerprint density at radius 2 is 1.61 bits per heavy atom. The van der Waals surface area contributed by atoms with Crippen LogP contribution in [0.25, 0.3) is 11.1 Å². The molecule has 0 heterocycles. The third kappa shape index (κ3) is 4.74. The molecule has 0 fully saturated rings. The number of ketones is 1. The smallest absolute Gasteiger partial charge is 0.184 e. The van der Waals surface area contributed by atoms with E-state index in [4.69, 9.17) is 33.7 Å². The second-order valence-corrected chi connectivity index (χ2v) is 7.60. The topological polar surface area (TPSA) is 52.3 Å². The zero-order valence-corrected chi connectivity index (χ0v) is 17.2. The van der Waals surface area contributed by atoms with E-state index in [2.05, 4.69) is 0 Å². The minimum atomic E-state index is -0.802. The molecule has 0 radical (unpaired) electrons. The summed E-state index contributed by atoms with van der Waals surface area (Å²) in [5, 5.41) is 0.805. The summed E-state index contributed by atoms with van der Waals surface area (Å²) in [6.07, 6.45) is 0.109. The zero-order valence-electron chi connectivity index (χ0n) is 15.7. The fraction of sp³-hybridized carbons (Fsp3) is 0.174. The number of halogens is 2. The van der Waals surface area contributed by atoms with E-state index < -0.39 is 6.04 Å². The van der Waals surface area contributed by atoms with Crippen molar-refractivity contribution >= 4 is 29.0 Å². The van der Waals surface area contributed by atoms with E-state index in [1.807, 2.05) is 50.2 Å². The summed E-state index contributed by atoms with van der Waals surface area (Å²) in [4.78, 5) is 12.7. The lowest BCUT2D eigenvalue weighted by Gasteiger charge is -2.13. The van der Waals surface area contributed by atoms with Gasteiger partial charge >= 0.3 is 0 Å². The molecule has 0 aliphatic heterocycles. The molecule has 0 saturated carbocycles. The predicted octanol–water partition coefficient (Wildman–Crippen LogP) is 6.33. The number of hydrogen-bond acceptors (Lipinski definition) is 3. The number of Topliss-reactive ketones (excluding diaryl/α,β-unsaturated/α-hetero) is 1. The van der Waals surface area contributed by atoms with Gasteiger partial charge in [0.25, 0.3) is 0 Å². The number of carbonyl (C=O) groups excluding carboxylic acids is 1. The van der Waals surface area contributed by atoms with Crippen LogP contribution in [0.4, 0.5) is 0 Å². The molecule has 3 aromatic rings. The van der Waals surface area contributed by atoms with Gasteiger partial charge in [-0.05, 0) is 54.8 Å². The molecule has 1 atom stereocenters. The largest absolute Gasteiger partial charge is 0.491 e. The van der Waals surface area contributed by atoms with E-state index >= 15 is 0 Å². The first-order valence-corrected chi connectivity index (χ1v) is 9.72. The molecule has 28 heavy (non-hydrogen) atoms. The number of benzene rings is 3. The molecule has 0 saturated heterocycles. The summed E-state index contributed by atoms with van der Waals surface area (Å²) in [7, 11) is 0. The van der Waals surface area contributed by atoms with E-state index in [0.717, 1.165) is 16.9 Å². The van der Waals surface area contributed by atoms with Crippen molar-refractivity contribution < 1.29 is 9.53 Å². The summed E-state index contributed by atoms with van der Waals surface area (Å²) < 4.78 is 5.75. The van der Waals surface area contributed by atoms with Gasteiger partial charge in [0, 0.05) is 5.56 Å². The first-order chi connectivity index (χ1) is 13.3. The van der Waals surface area contributed by atoms with Gasteiger partial charge in [0.2, 0.25) is 0 Å². The maximum atomic E-state index is 12.7. The molecule has 0 spiro atoms. The Labute approximate surface area is 175 Å². The summed E-state index contributed by atoms with van der Waals surface area (Å²) >= 11 is 12.0. The number of ether oxygens (including phenoxy) is 1. The summed E-state index contributed by atoms with van der Waals surface area (Å²) in [5.74, 6) is 0.635. The summed E-state index contributed by atoms with van der Waals surface area (Å²) in [6, 6.07) is 19.4. The van der Waals surface area contributed by atoms with Gasteiger partial charge in [-0.25, -0.2) is 0 Å². The number of carbonyl (C=O) groups is 1. The van der Waals surface area contributed by atoms with E-state index in [1.54, 1.807) is 30.3 Å². The van der Waals surface area contributed by atoms with Crippen LogP contribution in [0.2, 0.25) is 10.0 Å². The first-order valence-electron chi connectivity index (χ1n) is 8.97. The van der Waals surface area contributed by atoms with Gasteiger partial charge in [-0.3, -0.25) is 4.79 Å². The lowest BCUT2D eigenvalue weighted by Crippen LogP contribution is -2.21. The summed E-state index contributed by atoms with van der Waals surface area (Å²) in [6.45, 7) is 3.98. The van der Waals surface area contributed by atoms with Crippen LogP contribution in [0.3, 0.4) is 0 Å². The van der Waals surface area contributed by atoms with Crippen LogP contribution in [-0.4, -0.2) is 11.9 Å². The number of rotatable bonds is 6. The van der Waals surface area contributed by atoms with E-state index in [1.165, 1.54) is 0 Å². The molecule has 0 bridgehead atoms. The van der Waals surface area contributed by atoms with Crippen LogP contribution in [0.1, 0.15) is 35.8 Å². The van der Waals surface area contributed by atoms with E-state index in [0.29, 0.717) is 21.2 Å². The van der Waals surface area contributed by atoms with Crippen molar-refractivity contribution in [2.24, 2.45) is 5.73 Å².